The molecule has 2 rings (SSSR count). The van der Waals surface area contributed by atoms with Crippen molar-refractivity contribution in [3.63, 3.8) is 0 Å². The molecule has 2 atom stereocenters. The van der Waals surface area contributed by atoms with Crippen molar-refractivity contribution in [1.29, 1.82) is 0 Å². The minimum atomic E-state index is 0.161. The van der Waals surface area contributed by atoms with Crippen molar-refractivity contribution in [1.82, 2.24) is 5.32 Å². The third kappa shape index (κ3) is 4.99. The van der Waals surface area contributed by atoms with Crippen molar-refractivity contribution in [2.75, 3.05) is 40.0 Å². The molecule has 1 aliphatic rings. The lowest BCUT2D eigenvalue weighted by Gasteiger charge is -2.32. The fraction of sp³-hybridized carbons (Fsp3) is 0.647. The number of rotatable bonds is 8. The maximum absolute atomic E-state index is 6.04. The highest BCUT2D eigenvalue weighted by Crippen LogP contribution is 2.34. The lowest BCUT2D eigenvalue weighted by Crippen LogP contribution is -2.33. The second-order valence-electron chi connectivity index (χ2n) is 5.40. The van der Waals surface area contributed by atoms with Gasteiger partial charge in [0.1, 0.15) is 5.75 Å². The minimum absolute atomic E-state index is 0.161. The van der Waals surface area contributed by atoms with Crippen molar-refractivity contribution >= 4 is 0 Å². The van der Waals surface area contributed by atoms with E-state index in [1.54, 1.807) is 7.11 Å². The van der Waals surface area contributed by atoms with Crippen molar-refractivity contribution in [2.24, 2.45) is 5.92 Å². The summed E-state index contributed by atoms with van der Waals surface area (Å²) in [5.74, 6) is 1.43. The highest BCUT2D eigenvalue weighted by Gasteiger charge is 2.27. The second kappa shape index (κ2) is 9.03. The highest BCUT2D eigenvalue weighted by molar-refractivity contribution is 5.30. The Kier molecular flexibility index (Phi) is 7.00. The lowest BCUT2D eigenvalue weighted by molar-refractivity contribution is -0.0281. The normalized spacial score (nSPS) is 22.2. The van der Waals surface area contributed by atoms with Gasteiger partial charge in [0.2, 0.25) is 0 Å². The third-order valence-corrected chi connectivity index (χ3v) is 3.83. The molecule has 0 spiro atoms. The summed E-state index contributed by atoms with van der Waals surface area (Å²) < 4.78 is 16.7. The molecule has 0 saturated carbocycles. The summed E-state index contributed by atoms with van der Waals surface area (Å²) in [4.78, 5) is 0. The first-order valence-corrected chi connectivity index (χ1v) is 7.89. The smallest absolute Gasteiger partial charge is 0.119 e. The highest BCUT2D eigenvalue weighted by atomic mass is 16.5. The Bertz CT molecular complexity index is 411. The molecule has 1 saturated heterocycles. The molecule has 118 valence electrons. The fourth-order valence-electron chi connectivity index (χ4n) is 2.83. The van der Waals surface area contributed by atoms with Crippen molar-refractivity contribution in [3.8, 4) is 5.75 Å². The van der Waals surface area contributed by atoms with Gasteiger partial charge in [0.05, 0.1) is 19.3 Å². The standard InChI is InChI=1S/C17H27NO3/c1-3-20-16-8-4-6-14(12-16)17-15(7-5-10-21-17)13-18-9-11-19-2/h4,6,8,12,15,17-18H,3,5,7,9-11,13H2,1-2H3. The molecule has 4 heteroatoms. The minimum Gasteiger partial charge on any atom is -0.494 e. The third-order valence-electron chi connectivity index (χ3n) is 3.83. The summed E-state index contributed by atoms with van der Waals surface area (Å²) in [5, 5.41) is 3.46. The molecule has 0 aromatic heterocycles. The molecule has 2 unspecified atom stereocenters. The molecule has 1 aliphatic heterocycles. The first-order valence-electron chi connectivity index (χ1n) is 7.89. The van der Waals surface area contributed by atoms with Crippen molar-refractivity contribution < 1.29 is 14.2 Å². The van der Waals surface area contributed by atoms with Crippen LogP contribution in [0.4, 0.5) is 0 Å². The van der Waals surface area contributed by atoms with Crippen LogP contribution in [0.1, 0.15) is 31.4 Å². The molecule has 0 bridgehead atoms. The Morgan fingerprint density at radius 2 is 2.29 bits per heavy atom. The summed E-state index contributed by atoms with van der Waals surface area (Å²) in [6.07, 6.45) is 2.50. The van der Waals surface area contributed by atoms with E-state index in [0.717, 1.165) is 38.5 Å². The van der Waals surface area contributed by atoms with Crippen molar-refractivity contribution in [3.05, 3.63) is 29.8 Å². The first-order chi connectivity index (χ1) is 10.3. The van der Waals surface area contributed by atoms with E-state index >= 15 is 0 Å². The second-order valence-corrected chi connectivity index (χ2v) is 5.40. The van der Waals surface area contributed by atoms with Gasteiger partial charge >= 0.3 is 0 Å². The van der Waals surface area contributed by atoms with E-state index in [1.807, 2.05) is 19.1 Å². The molecular formula is C17H27NO3. The van der Waals surface area contributed by atoms with Crippen LogP contribution in [0.2, 0.25) is 0 Å². The fourth-order valence-corrected chi connectivity index (χ4v) is 2.83. The maximum Gasteiger partial charge on any atom is 0.119 e. The zero-order chi connectivity index (χ0) is 14.9. The van der Waals surface area contributed by atoms with E-state index in [2.05, 4.69) is 17.4 Å². The van der Waals surface area contributed by atoms with E-state index in [9.17, 15) is 0 Å². The summed E-state index contributed by atoms with van der Waals surface area (Å²) >= 11 is 0. The Balaban J connectivity index is 1.98. The molecular weight excluding hydrogens is 266 g/mol. The van der Waals surface area contributed by atoms with Crippen LogP contribution in [0.5, 0.6) is 5.75 Å². The Morgan fingerprint density at radius 3 is 3.10 bits per heavy atom. The van der Waals surface area contributed by atoms with Gasteiger partial charge in [-0.15, -0.1) is 0 Å². The largest absolute Gasteiger partial charge is 0.494 e. The molecule has 1 aromatic carbocycles. The zero-order valence-corrected chi connectivity index (χ0v) is 13.1. The molecule has 0 radical (unpaired) electrons. The van der Waals surface area contributed by atoms with Crippen LogP contribution in [0, 0.1) is 5.92 Å². The van der Waals surface area contributed by atoms with Crippen LogP contribution in [-0.4, -0.2) is 40.0 Å². The number of methoxy groups -OCH3 is 1. The number of ether oxygens (including phenoxy) is 3. The van der Waals surface area contributed by atoms with Gasteiger partial charge in [-0.05, 0) is 37.5 Å². The van der Waals surface area contributed by atoms with Crippen molar-refractivity contribution in [2.45, 2.75) is 25.9 Å². The zero-order valence-electron chi connectivity index (χ0n) is 13.1. The number of hydrogen-bond acceptors (Lipinski definition) is 4. The van der Waals surface area contributed by atoms with Gasteiger partial charge in [-0.1, -0.05) is 12.1 Å². The predicted molar refractivity (Wildman–Crippen MR) is 83.8 cm³/mol. The summed E-state index contributed by atoms with van der Waals surface area (Å²) in [5.41, 5.74) is 1.22. The maximum atomic E-state index is 6.04. The Morgan fingerprint density at radius 1 is 1.38 bits per heavy atom. The Hall–Kier alpha value is -1.10. The van der Waals surface area contributed by atoms with Crippen LogP contribution < -0.4 is 10.1 Å². The molecule has 0 aliphatic carbocycles. The van der Waals surface area contributed by atoms with E-state index < -0.39 is 0 Å². The monoisotopic (exact) mass is 293 g/mol. The predicted octanol–water partition coefficient (Wildman–Crippen LogP) is 2.79. The van der Waals surface area contributed by atoms with Gasteiger partial charge in [0.15, 0.2) is 0 Å². The van der Waals surface area contributed by atoms with Gasteiger partial charge in [0.25, 0.3) is 0 Å². The SMILES string of the molecule is CCOc1cccc(C2OCCCC2CNCCOC)c1. The average Bonchev–Trinajstić information content (AvgIpc) is 2.53. The number of nitrogens with one attached hydrogen (secondary N) is 1. The van der Waals surface area contributed by atoms with Crippen LogP contribution in [0.3, 0.4) is 0 Å². The topological polar surface area (TPSA) is 39.7 Å². The molecule has 1 heterocycles. The van der Waals surface area contributed by atoms with Crippen LogP contribution >= 0.6 is 0 Å². The molecule has 21 heavy (non-hydrogen) atoms. The van der Waals surface area contributed by atoms with Gasteiger partial charge in [-0.25, -0.2) is 0 Å². The summed E-state index contributed by atoms with van der Waals surface area (Å²) in [6.45, 7) is 6.14. The van der Waals surface area contributed by atoms with Crippen LogP contribution in [0.15, 0.2) is 24.3 Å². The molecule has 1 fully saturated rings. The van der Waals surface area contributed by atoms with Gasteiger partial charge in [-0.3, -0.25) is 0 Å². The molecule has 1 N–H and O–H groups in total. The van der Waals surface area contributed by atoms with E-state index in [-0.39, 0.29) is 6.10 Å². The first kappa shape index (κ1) is 16.3. The lowest BCUT2D eigenvalue weighted by atomic mass is 9.89. The number of hydrogen-bond donors (Lipinski definition) is 1. The van der Waals surface area contributed by atoms with Gasteiger partial charge in [0, 0.05) is 32.7 Å². The molecule has 4 nitrogen and oxygen atoms in total. The number of benzene rings is 1. The molecule has 1 aromatic rings. The summed E-state index contributed by atoms with van der Waals surface area (Å²) in [7, 11) is 1.73. The summed E-state index contributed by atoms with van der Waals surface area (Å²) in [6, 6.07) is 8.30. The van der Waals surface area contributed by atoms with Gasteiger partial charge < -0.3 is 19.5 Å². The van der Waals surface area contributed by atoms with Crippen LogP contribution in [-0.2, 0) is 9.47 Å². The van der Waals surface area contributed by atoms with E-state index in [4.69, 9.17) is 14.2 Å². The Labute approximate surface area is 127 Å². The molecule has 0 amide bonds. The van der Waals surface area contributed by atoms with Gasteiger partial charge in [-0.2, -0.15) is 0 Å². The van der Waals surface area contributed by atoms with Crippen LogP contribution in [0.25, 0.3) is 0 Å². The van der Waals surface area contributed by atoms with E-state index in [1.165, 1.54) is 12.0 Å². The quantitative estimate of drug-likeness (QED) is 0.748. The average molecular weight is 293 g/mol. The van der Waals surface area contributed by atoms with E-state index in [0.29, 0.717) is 12.5 Å².